The van der Waals surface area contributed by atoms with Gasteiger partial charge >= 0.3 is 5.97 Å². The number of amides is 2. The van der Waals surface area contributed by atoms with E-state index in [1.165, 1.54) is 4.90 Å². The quantitative estimate of drug-likeness (QED) is 0.266. The molecule has 1 fully saturated rings. The van der Waals surface area contributed by atoms with E-state index in [2.05, 4.69) is 17.9 Å². The summed E-state index contributed by atoms with van der Waals surface area (Å²) >= 11 is 3.97. The highest BCUT2D eigenvalue weighted by molar-refractivity contribution is 7.80. The zero-order valence-electron chi connectivity index (χ0n) is 13.1. The molecule has 132 valence electrons. The number of hydrogen-bond acceptors (Lipinski definition) is 6. The lowest BCUT2D eigenvalue weighted by Crippen LogP contribution is -2.54. The van der Waals surface area contributed by atoms with Crippen LogP contribution in [-0.4, -0.2) is 64.8 Å². The first-order chi connectivity index (χ1) is 10.9. The van der Waals surface area contributed by atoms with Crippen molar-refractivity contribution in [2.75, 3.05) is 18.8 Å². The van der Waals surface area contributed by atoms with Crippen molar-refractivity contribution in [1.82, 2.24) is 10.2 Å². The standard InChI is InChI=1S/C14H26N4O4S/c15-6-2-1-4-10(17-12(19)9(16)8-23)13(20)18-7-3-5-11(18)14(21)22/h9-11,23H,1-8,15-16H2,(H,17,19)(H,21,22). The van der Waals surface area contributed by atoms with Crippen LogP contribution in [0.1, 0.15) is 32.1 Å². The summed E-state index contributed by atoms with van der Waals surface area (Å²) in [6, 6.07) is -2.41. The smallest absolute Gasteiger partial charge is 0.326 e. The van der Waals surface area contributed by atoms with Crippen molar-refractivity contribution in [3.63, 3.8) is 0 Å². The Morgan fingerprint density at radius 1 is 1.35 bits per heavy atom. The summed E-state index contributed by atoms with van der Waals surface area (Å²) < 4.78 is 0. The molecule has 0 aliphatic carbocycles. The van der Waals surface area contributed by atoms with Gasteiger partial charge in [0.05, 0.1) is 6.04 Å². The van der Waals surface area contributed by atoms with E-state index in [0.29, 0.717) is 38.8 Å². The topological polar surface area (TPSA) is 139 Å². The van der Waals surface area contributed by atoms with Gasteiger partial charge in [0.1, 0.15) is 12.1 Å². The number of aliphatic carboxylic acids is 1. The molecule has 0 radical (unpaired) electrons. The number of carboxylic acid groups (broad SMARTS) is 1. The summed E-state index contributed by atoms with van der Waals surface area (Å²) in [7, 11) is 0. The van der Waals surface area contributed by atoms with Crippen molar-refractivity contribution in [1.29, 1.82) is 0 Å². The maximum atomic E-state index is 12.7. The number of nitrogens with two attached hydrogens (primary N) is 2. The Balaban J connectivity index is 2.78. The van der Waals surface area contributed by atoms with Crippen LogP contribution in [0.4, 0.5) is 0 Å². The van der Waals surface area contributed by atoms with E-state index in [1.807, 2.05) is 0 Å². The molecular formula is C14H26N4O4S. The first kappa shape index (κ1) is 19.7. The van der Waals surface area contributed by atoms with Crippen LogP contribution in [0.25, 0.3) is 0 Å². The molecule has 3 unspecified atom stereocenters. The summed E-state index contributed by atoms with van der Waals surface area (Å²) in [5.41, 5.74) is 11.1. The number of carboxylic acids is 1. The molecule has 1 rings (SSSR count). The average Bonchev–Trinajstić information content (AvgIpc) is 3.02. The fraction of sp³-hybridized carbons (Fsp3) is 0.786. The second-order valence-corrected chi connectivity index (χ2v) is 6.03. The second kappa shape index (κ2) is 9.74. The van der Waals surface area contributed by atoms with Crippen LogP contribution in [-0.2, 0) is 14.4 Å². The third-order valence-electron chi connectivity index (χ3n) is 3.92. The number of carbonyl (C=O) groups is 3. The Morgan fingerprint density at radius 3 is 2.61 bits per heavy atom. The number of carbonyl (C=O) groups excluding carboxylic acids is 2. The van der Waals surface area contributed by atoms with E-state index in [9.17, 15) is 19.5 Å². The van der Waals surface area contributed by atoms with Gasteiger partial charge in [-0.15, -0.1) is 0 Å². The molecule has 1 aliphatic heterocycles. The molecule has 0 spiro atoms. The lowest BCUT2D eigenvalue weighted by molar-refractivity contribution is -0.149. The first-order valence-corrected chi connectivity index (χ1v) is 8.45. The average molecular weight is 346 g/mol. The summed E-state index contributed by atoms with van der Waals surface area (Å²) in [4.78, 5) is 37.2. The van der Waals surface area contributed by atoms with Gasteiger partial charge in [-0.05, 0) is 38.6 Å². The van der Waals surface area contributed by atoms with Crippen molar-refractivity contribution in [2.45, 2.75) is 50.2 Å². The Kier molecular flexibility index (Phi) is 8.35. The van der Waals surface area contributed by atoms with Crippen LogP contribution in [0.2, 0.25) is 0 Å². The molecular weight excluding hydrogens is 320 g/mol. The highest BCUT2D eigenvalue weighted by atomic mass is 32.1. The number of nitrogens with zero attached hydrogens (tertiary/aromatic N) is 1. The van der Waals surface area contributed by atoms with E-state index < -0.39 is 30.0 Å². The normalized spacial score (nSPS) is 20.1. The van der Waals surface area contributed by atoms with Crippen molar-refractivity contribution < 1.29 is 19.5 Å². The van der Waals surface area contributed by atoms with Gasteiger partial charge in [-0.1, -0.05) is 0 Å². The molecule has 0 aromatic carbocycles. The van der Waals surface area contributed by atoms with Crippen molar-refractivity contribution in [3.05, 3.63) is 0 Å². The zero-order valence-corrected chi connectivity index (χ0v) is 14.0. The van der Waals surface area contributed by atoms with E-state index in [-0.39, 0.29) is 11.7 Å². The summed E-state index contributed by atoms with van der Waals surface area (Å²) in [5.74, 6) is -1.68. The fourth-order valence-corrected chi connectivity index (χ4v) is 2.77. The molecule has 0 saturated carbocycles. The van der Waals surface area contributed by atoms with Gasteiger partial charge in [-0.2, -0.15) is 12.6 Å². The van der Waals surface area contributed by atoms with Crippen molar-refractivity contribution >= 4 is 30.4 Å². The van der Waals surface area contributed by atoms with E-state index in [1.54, 1.807) is 0 Å². The molecule has 0 bridgehead atoms. The third kappa shape index (κ3) is 5.67. The number of rotatable bonds is 9. The number of likely N-dealkylation sites (tertiary alicyclic amines) is 1. The number of hydrogen-bond donors (Lipinski definition) is 5. The molecule has 0 aromatic heterocycles. The molecule has 1 heterocycles. The summed E-state index contributed by atoms with van der Waals surface area (Å²) in [6.07, 6.45) is 2.86. The van der Waals surface area contributed by atoms with Crippen LogP contribution < -0.4 is 16.8 Å². The maximum Gasteiger partial charge on any atom is 0.326 e. The largest absolute Gasteiger partial charge is 0.480 e. The Labute approximate surface area is 141 Å². The molecule has 1 aliphatic rings. The predicted octanol–water partition coefficient (Wildman–Crippen LogP) is -1.07. The molecule has 8 nitrogen and oxygen atoms in total. The minimum atomic E-state index is -1.02. The molecule has 2 amide bonds. The fourth-order valence-electron chi connectivity index (χ4n) is 2.60. The molecule has 6 N–H and O–H groups in total. The minimum absolute atomic E-state index is 0.164. The molecule has 9 heteroatoms. The van der Waals surface area contributed by atoms with Crippen LogP contribution in [0.15, 0.2) is 0 Å². The zero-order chi connectivity index (χ0) is 17.4. The van der Waals surface area contributed by atoms with E-state index >= 15 is 0 Å². The van der Waals surface area contributed by atoms with Gasteiger partial charge in [-0.3, -0.25) is 9.59 Å². The Morgan fingerprint density at radius 2 is 2.04 bits per heavy atom. The van der Waals surface area contributed by atoms with Crippen LogP contribution in [0, 0.1) is 0 Å². The molecule has 0 aromatic rings. The lowest BCUT2D eigenvalue weighted by Gasteiger charge is -2.28. The van der Waals surface area contributed by atoms with Crippen LogP contribution >= 0.6 is 12.6 Å². The molecule has 23 heavy (non-hydrogen) atoms. The third-order valence-corrected chi connectivity index (χ3v) is 4.31. The van der Waals surface area contributed by atoms with Gasteiger partial charge < -0.3 is 26.8 Å². The molecule has 1 saturated heterocycles. The van der Waals surface area contributed by atoms with Gasteiger partial charge in [-0.25, -0.2) is 4.79 Å². The minimum Gasteiger partial charge on any atom is -0.480 e. The van der Waals surface area contributed by atoms with Gasteiger partial charge in [0, 0.05) is 12.3 Å². The highest BCUT2D eigenvalue weighted by Crippen LogP contribution is 2.19. The summed E-state index contributed by atoms with van der Waals surface area (Å²) in [6.45, 7) is 0.879. The van der Waals surface area contributed by atoms with E-state index in [0.717, 1.165) is 6.42 Å². The highest BCUT2D eigenvalue weighted by Gasteiger charge is 2.37. The summed E-state index contributed by atoms with van der Waals surface area (Å²) in [5, 5.41) is 11.8. The van der Waals surface area contributed by atoms with Crippen molar-refractivity contribution in [2.24, 2.45) is 11.5 Å². The van der Waals surface area contributed by atoms with Gasteiger partial charge in [0.25, 0.3) is 0 Å². The Bertz CT molecular complexity index is 435. The Hall–Kier alpha value is -1.32. The monoisotopic (exact) mass is 346 g/mol. The number of thiol groups is 1. The van der Waals surface area contributed by atoms with Gasteiger partial charge in [0.2, 0.25) is 11.8 Å². The molecule has 3 atom stereocenters. The van der Waals surface area contributed by atoms with Gasteiger partial charge in [0.15, 0.2) is 0 Å². The number of nitrogens with one attached hydrogen (secondary N) is 1. The maximum absolute atomic E-state index is 12.7. The van der Waals surface area contributed by atoms with Crippen LogP contribution in [0.3, 0.4) is 0 Å². The predicted molar refractivity (Wildman–Crippen MR) is 89.0 cm³/mol. The first-order valence-electron chi connectivity index (χ1n) is 7.82. The van der Waals surface area contributed by atoms with Crippen LogP contribution in [0.5, 0.6) is 0 Å². The lowest BCUT2D eigenvalue weighted by atomic mass is 10.1. The SMILES string of the molecule is NCCCCC(NC(=O)C(N)CS)C(=O)N1CCCC1C(=O)O. The van der Waals surface area contributed by atoms with E-state index in [4.69, 9.17) is 11.5 Å². The number of unbranched alkanes of at least 4 members (excludes halogenated alkanes) is 1. The second-order valence-electron chi connectivity index (χ2n) is 5.66. The van der Waals surface area contributed by atoms with Crippen molar-refractivity contribution in [3.8, 4) is 0 Å².